The third-order valence-corrected chi connectivity index (χ3v) is 8.83. The summed E-state index contributed by atoms with van der Waals surface area (Å²) < 4.78 is 70.2. The predicted molar refractivity (Wildman–Crippen MR) is 83.9 cm³/mol. The number of hydrogen-bond acceptors (Lipinski definition) is 2. The molecular weight excluding hydrogens is 361 g/mol. The van der Waals surface area contributed by atoms with Gasteiger partial charge in [0.15, 0.2) is 8.32 Å². The summed E-state index contributed by atoms with van der Waals surface area (Å²) in [5.41, 5.74) is 0. The average Bonchev–Trinajstić information content (AvgIpc) is 1.59. The van der Waals surface area contributed by atoms with Crippen molar-refractivity contribution in [3.63, 3.8) is 0 Å². The van der Waals surface area contributed by atoms with E-state index in [9.17, 15) is 25.2 Å². The Morgan fingerprint density at radius 1 is 0.900 bits per heavy atom. The third kappa shape index (κ3) is 36.4. The van der Waals surface area contributed by atoms with Crippen LogP contribution in [0.1, 0.15) is 0 Å². The van der Waals surface area contributed by atoms with Gasteiger partial charge >= 0.3 is 33.0 Å². The van der Waals surface area contributed by atoms with Gasteiger partial charge in [-0.1, -0.05) is 0 Å². The van der Waals surface area contributed by atoms with E-state index in [2.05, 4.69) is 53.0 Å². The molecule has 0 saturated heterocycles. The maximum atomic E-state index is 9.87. The van der Waals surface area contributed by atoms with Crippen molar-refractivity contribution < 1.29 is 29.4 Å². The van der Waals surface area contributed by atoms with Gasteiger partial charge in [0.1, 0.15) is 14.7 Å². The van der Waals surface area contributed by atoms with Gasteiger partial charge < -0.3 is 4.21 Å². The molecule has 0 aromatic carbocycles. The molecule has 0 bridgehead atoms. The quantitative estimate of drug-likeness (QED) is 0.281. The summed E-state index contributed by atoms with van der Waals surface area (Å²) >= 11 is 0. The second-order valence-corrected chi connectivity index (χ2v) is 20.5. The molecule has 0 atom stereocenters. The summed E-state index contributed by atoms with van der Waals surface area (Å²) in [5, 5.41) is 0. The van der Waals surface area contributed by atoms with Gasteiger partial charge in [-0.15, -0.1) is 4.52 Å². The molecule has 0 amide bonds. The van der Waals surface area contributed by atoms with Crippen LogP contribution in [-0.2, 0) is 4.21 Å². The molecule has 0 rings (SSSR count). The van der Waals surface area contributed by atoms with Gasteiger partial charge in [0.2, 0.25) is 0 Å². The Morgan fingerprint density at radius 2 is 1.15 bits per heavy atom. The normalized spacial score (nSPS) is 17.5. The summed E-state index contributed by atoms with van der Waals surface area (Å²) in [6, 6.07) is 0. The predicted octanol–water partition coefficient (Wildman–Crippen LogP) is 7.42. The Morgan fingerprint density at radius 3 is 1.30 bits per heavy atom. The average molecular weight is 385 g/mol. The molecule has 12 heteroatoms. The van der Waals surface area contributed by atoms with E-state index < -0.39 is 30.8 Å². The fourth-order valence-corrected chi connectivity index (χ4v) is 12.3. The van der Waals surface area contributed by atoms with Crippen molar-refractivity contribution >= 4 is 30.8 Å². The van der Waals surface area contributed by atoms with E-state index in [-0.39, 0.29) is 0 Å². The molecule has 0 spiro atoms. The number of hydrogen-bond donors (Lipinski definition) is 0. The molecular formula is C8H24F6NOP3Si. The SMILES string of the molecule is C[Si](C)(C)OP(C)(C)=N[P+](C)(C)C.F[P-](F)(F)(F)(F)F. The van der Waals surface area contributed by atoms with Crippen LogP contribution in [0.5, 0.6) is 0 Å². The van der Waals surface area contributed by atoms with E-state index in [1.165, 1.54) is 0 Å². The molecule has 0 saturated carbocycles. The van der Waals surface area contributed by atoms with Gasteiger partial charge in [-0.05, 0) is 33.0 Å². The fraction of sp³-hybridized carbons (Fsp3) is 1.00. The Bertz CT molecular complexity index is 376. The molecule has 2 nitrogen and oxygen atoms in total. The summed E-state index contributed by atoms with van der Waals surface area (Å²) in [7, 11) is -14.6. The van der Waals surface area contributed by atoms with Gasteiger partial charge in [0, 0.05) is 0 Å². The number of halogens is 6. The fourth-order valence-electron chi connectivity index (χ4n) is 1.33. The van der Waals surface area contributed by atoms with Crippen LogP contribution in [0.4, 0.5) is 25.2 Å². The molecule has 0 aliphatic heterocycles. The van der Waals surface area contributed by atoms with Crippen molar-refractivity contribution in [2.45, 2.75) is 19.6 Å². The number of rotatable bonds is 3. The molecule has 0 aromatic heterocycles. The third-order valence-electron chi connectivity index (χ3n) is 0.981. The van der Waals surface area contributed by atoms with Crippen LogP contribution >= 0.6 is 22.5 Å². The van der Waals surface area contributed by atoms with Gasteiger partial charge in [0.05, 0.1) is 20.0 Å². The summed E-state index contributed by atoms with van der Waals surface area (Å²) in [4.78, 5) is 0. The van der Waals surface area contributed by atoms with Gasteiger partial charge in [-0.25, -0.2) is 0 Å². The van der Waals surface area contributed by atoms with Crippen LogP contribution in [0.25, 0.3) is 0 Å². The second kappa shape index (κ2) is 5.49. The molecule has 0 aromatic rings. The summed E-state index contributed by atoms with van der Waals surface area (Å²) in [6.07, 6.45) is 0. The van der Waals surface area contributed by atoms with Crippen molar-refractivity contribution in [2.24, 2.45) is 4.52 Å². The Balaban J connectivity index is 0. The van der Waals surface area contributed by atoms with Crippen LogP contribution in [0.3, 0.4) is 0 Å². The van der Waals surface area contributed by atoms with Crippen LogP contribution in [0.15, 0.2) is 4.52 Å². The van der Waals surface area contributed by atoms with E-state index in [0.29, 0.717) is 0 Å². The molecule has 0 heterocycles. The van der Waals surface area contributed by atoms with Gasteiger partial charge in [-0.3, -0.25) is 0 Å². The van der Waals surface area contributed by atoms with E-state index >= 15 is 0 Å². The molecule has 0 fully saturated rings. The van der Waals surface area contributed by atoms with Crippen LogP contribution < -0.4 is 0 Å². The Hall–Kier alpha value is 0.847. The Labute approximate surface area is 118 Å². The van der Waals surface area contributed by atoms with Crippen LogP contribution in [0.2, 0.25) is 19.6 Å². The zero-order valence-electron chi connectivity index (χ0n) is 13.0. The second-order valence-electron chi connectivity index (χ2n) is 6.49. The van der Waals surface area contributed by atoms with Crippen LogP contribution in [-0.4, -0.2) is 41.6 Å². The van der Waals surface area contributed by atoms with Crippen molar-refractivity contribution in [3.8, 4) is 0 Å². The first-order chi connectivity index (χ1) is 7.86. The van der Waals surface area contributed by atoms with E-state index in [0.717, 1.165) is 0 Å². The van der Waals surface area contributed by atoms with E-state index in [1.807, 2.05) is 0 Å². The van der Waals surface area contributed by atoms with E-state index in [1.54, 1.807) is 0 Å². The number of nitrogens with zero attached hydrogens (tertiary/aromatic N) is 1. The van der Waals surface area contributed by atoms with Crippen LogP contribution in [0, 0.1) is 0 Å². The molecule has 20 heavy (non-hydrogen) atoms. The molecule has 128 valence electrons. The molecule has 0 N–H and O–H groups in total. The Kier molecular flexibility index (Phi) is 6.34. The molecule has 0 aliphatic rings. The van der Waals surface area contributed by atoms with Crippen molar-refractivity contribution in [1.82, 2.24) is 0 Å². The zero-order chi connectivity index (χ0) is 17.3. The van der Waals surface area contributed by atoms with Crippen molar-refractivity contribution in [3.05, 3.63) is 0 Å². The first kappa shape index (κ1) is 23.1. The minimum atomic E-state index is -10.7. The van der Waals surface area contributed by atoms with Gasteiger partial charge in [-0.2, -0.15) is 0 Å². The van der Waals surface area contributed by atoms with E-state index in [4.69, 9.17) is 8.73 Å². The first-order valence-electron chi connectivity index (χ1n) is 5.54. The molecule has 0 aliphatic carbocycles. The first-order valence-corrected chi connectivity index (χ1v) is 16.6. The topological polar surface area (TPSA) is 21.6 Å². The molecule has 0 radical (unpaired) electrons. The van der Waals surface area contributed by atoms with Gasteiger partial charge in [0.25, 0.3) is 0 Å². The zero-order valence-corrected chi connectivity index (χ0v) is 16.6. The maximum absolute atomic E-state index is 10.7. The van der Waals surface area contributed by atoms with Crippen molar-refractivity contribution in [1.29, 1.82) is 0 Å². The summed E-state index contributed by atoms with van der Waals surface area (Å²) in [5.74, 6) is 0. The summed E-state index contributed by atoms with van der Waals surface area (Å²) in [6.45, 7) is 17.8. The van der Waals surface area contributed by atoms with Crippen molar-refractivity contribution in [2.75, 3.05) is 33.3 Å². The minimum absolute atomic E-state index is 1.05. The monoisotopic (exact) mass is 385 g/mol. The standard InChI is InChI=1S/C8H24NOP2Si.F6P/c1-11(2,3)9-12(4,5)10-13(6,7)8;1-7(2,3,4,5)6/h1-8H3;/q+1;-1. The molecule has 0 unspecified atom stereocenters.